The fraction of sp³-hybridized carbons (Fsp3) is 0.529. The van der Waals surface area contributed by atoms with E-state index in [1.807, 2.05) is 37.5 Å². The molecule has 2 saturated heterocycles. The largest absolute Gasteiger partial charge is 0.448 e. The van der Waals surface area contributed by atoms with Gasteiger partial charge < -0.3 is 49.9 Å². The van der Waals surface area contributed by atoms with Crippen LogP contribution in [0, 0.1) is 0 Å². The van der Waals surface area contributed by atoms with Crippen molar-refractivity contribution in [3.05, 3.63) is 124 Å². The number of rotatable bonds is 8. The Morgan fingerprint density at radius 3 is 1.28 bits per heavy atom. The molecular formula is C68H88ClN19O10. The zero-order valence-electron chi connectivity index (χ0n) is 57.8. The first kappa shape index (κ1) is 70.0. The van der Waals surface area contributed by atoms with Crippen LogP contribution in [0.25, 0.3) is 0 Å². The molecule has 4 fully saturated rings. The molecule has 2 aliphatic carbocycles. The van der Waals surface area contributed by atoms with Crippen molar-refractivity contribution in [3.8, 4) is 0 Å². The minimum atomic E-state index is -0.915. The second-order valence-corrected chi connectivity index (χ2v) is 28.2. The Kier molecular flexibility index (Phi) is 19.6. The van der Waals surface area contributed by atoms with Crippen LogP contribution in [0.1, 0.15) is 186 Å². The normalized spacial score (nSPS) is 20.5. The number of amides is 8. The number of hydrogen-bond donors (Lipinski definition) is 4. The maximum Gasteiger partial charge on any atom is 0.435 e. The van der Waals surface area contributed by atoms with E-state index in [2.05, 4.69) is 93.9 Å². The number of halogens is 1. The molecule has 11 heterocycles. The molecule has 98 heavy (non-hydrogen) atoms. The second-order valence-electron chi connectivity index (χ2n) is 27.8. The summed E-state index contributed by atoms with van der Waals surface area (Å²) in [6, 6.07) is 15.3. The average Bonchev–Trinajstić information content (AvgIpc) is 1.57. The van der Waals surface area contributed by atoms with Gasteiger partial charge in [-0.15, -0.1) is 10.2 Å². The third kappa shape index (κ3) is 12.9. The number of ether oxygens (including phenoxy) is 2. The number of likely N-dealkylation sites (N-methyl/N-ethyl adjacent to an activating group) is 2. The molecule has 7 aliphatic rings. The Balaban J connectivity index is 0.000000151. The van der Waals surface area contributed by atoms with E-state index >= 15 is 0 Å². The van der Waals surface area contributed by atoms with Gasteiger partial charge in [-0.2, -0.15) is 14.5 Å². The molecule has 5 aliphatic heterocycles. The van der Waals surface area contributed by atoms with Crippen LogP contribution in [0.2, 0.25) is 0 Å². The first-order valence-corrected chi connectivity index (χ1v) is 33.9. The fourth-order valence-corrected chi connectivity index (χ4v) is 15.6. The average molecular weight is 1370 g/mol. The van der Waals surface area contributed by atoms with Crippen molar-refractivity contribution < 1.29 is 47.8 Å². The van der Waals surface area contributed by atoms with Crippen LogP contribution < -0.4 is 16.0 Å². The molecule has 2 atom stereocenters. The van der Waals surface area contributed by atoms with Gasteiger partial charge in [-0.05, 0) is 157 Å². The Bertz CT molecular complexity index is 4010. The highest BCUT2D eigenvalue weighted by atomic mass is 35.5. The number of pyridine rings is 3. The number of aromatic nitrogens is 9. The standard InChI is InChI=1S/C27H37N7O4.C24H33N7O2.C17H18ClN5O4/c1-6-38-25(37)34-21-19(22(30-34)29-23(35)20-11-7-10-14-28-20)16-33(26(21,3)4)24(36)32-17-27(12-8-9-13-27)31(5)15-18(32)2;1-16-13-29(4)24(10-6-7-11-24)15-30(16)22(33)31-14-17-19(23(31,2)3)27-28-20(17)26-21(32)18-9-5-8-12-25-18;1-4-27-16(26)23-12-10(9-22(15(18)25)17(12,2)3)13(21-23)20-14(24)11-7-5-6-8-19-11/h7,10-11,14,18H,6,8-9,12-13,15-17H2,1-5H3,(H,29,30,35);5,8-9,12,16H,6-7,10-11,13-15H2,1-4H3,(H2,26,27,28,32);5-8H,4,9H2,1-3H3,(H,20,21,24)/t18-;16-;/m00./s1. The SMILES string of the molecule is CCOC(=O)n1nc(NC(=O)c2ccccn2)c2c1C(C)(C)N(C(=O)Cl)C2.CCOC(=O)n1nc(NC(=O)c2ccccn2)c2c1C(C)(C)N(C(=O)N1CC3(CCCC3)N(C)C[C@@H]1C)C2.C[C@H]1CN(C)C2(CCCC2)CN1C(=O)N1Cc2c(NC(=O)c3ccccn3)n[nH]c2C1(C)C. The number of nitrogens with zero attached hydrogens (tertiary/aromatic N) is 15. The fourth-order valence-electron chi connectivity index (χ4n) is 15.3. The van der Waals surface area contributed by atoms with E-state index in [9.17, 15) is 38.4 Å². The summed E-state index contributed by atoms with van der Waals surface area (Å²) < 4.78 is 12.6. The number of aromatic amines is 1. The van der Waals surface area contributed by atoms with Crippen LogP contribution >= 0.6 is 11.6 Å². The summed E-state index contributed by atoms with van der Waals surface area (Å²) in [6.07, 6.45) is 12.5. The van der Waals surface area contributed by atoms with E-state index in [1.54, 1.807) is 93.4 Å². The highest BCUT2D eigenvalue weighted by molar-refractivity contribution is 6.62. The highest BCUT2D eigenvalue weighted by Gasteiger charge is 2.54. The number of hydrogen-bond acceptors (Lipinski definition) is 18. The monoisotopic (exact) mass is 1370 g/mol. The predicted molar refractivity (Wildman–Crippen MR) is 362 cm³/mol. The van der Waals surface area contributed by atoms with Gasteiger partial charge in [-0.3, -0.25) is 49.0 Å². The minimum Gasteiger partial charge on any atom is -0.448 e. The van der Waals surface area contributed by atoms with Crippen LogP contribution in [0.5, 0.6) is 0 Å². The van der Waals surface area contributed by atoms with Crippen molar-refractivity contribution in [2.24, 2.45) is 0 Å². The number of carbonyl (C=O) groups is 8. The number of nitrogens with one attached hydrogen (secondary N) is 4. The molecule has 0 radical (unpaired) electrons. The van der Waals surface area contributed by atoms with Gasteiger partial charge in [0.1, 0.15) is 17.1 Å². The molecule has 0 bridgehead atoms. The summed E-state index contributed by atoms with van der Waals surface area (Å²) >= 11 is 5.71. The lowest BCUT2D eigenvalue weighted by molar-refractivity contribution is -0.00769. The van der Waals surface area contributed by atoms with Gasteiger partial charge in [0.25, 0.3) is 17.7 Å². The third-order valence-electron chi connectivity index (χ3n) is 20.8. The van der Waals surface area contributed by atoms with Crippen molar-refractivity contribution in [2.45, 2.75) is 180 Å². The summed E-state index contributed by atoms with van der Waals surface area (Å²) in [5.74, 6) is -0.403. The Labute approximate surface area is 574 Å². The van der Waals surface area contributed by atoms with Crippen LogP contribution in [0.3, 0.4) is 0 Å². The van der Waals surface area contributed by atoms with E-state index in [0.717, 1.165) is 61.3 Å². The van der Waals surface area contributed by atoms with Crippen molar-refractivity contribution in [1.82, 2.24) is 79.0 Å². The van der Waals surface area contributed by atoms with Crippen LogP contribution in [0.15, 0.2) is 73.2 Å². The number of anilines is 3. The summed E-state index contributed by atoms with van der Waals surface area (Å²) in [6.45, 7) is 23.2. The third-order valence-corrected chi connectivity index (χ3v) is 21.0. The second kappa shape index (κ2) is 27.5. The zero-order valence-corrected chi connectivity index (χ0v) is 58.5. The number of fused-ring (bicyclic) bond motifs is 3. The molecule has 4 N–H and O–H groups in total. The lowest BCUT2D eigenvalue weighted by atomic mass is 9.90. The van der Waals surface area contributed by atoms with E-state index in [-0.39, 0.29) is 90.5 Å². The molecule has 2 saturated carbocycles. The van der Waals surface area contributed by atoms with E-state index in [0.29, 0.717) is 47.1 Å². The van der Waals surface area contributed by atoms with Gasteiger partial charge in [-0.1, -0.05) is 43.9 Å². The molecule has 0 aromatic carbocycles. The topological polar surface area (TPSA) is 317 Å². The molecule has 6 aromatic heterocycles. The smallest absolute Gasteiger partial charge is 0.435 e. The summed E-state index contributed by atoms with van der Waals surface area (Å²) in [4.78, 5) is 129. The predicted octanol–water partition coefficient (Wildman–Crippen LogP) is 9.78. The molecule has 2 spiro atoms. The van der Waals surface area contributed by atoms with E-state index in [4.69, 9.17) is 21.1 Å². The van der Waals surface area contributed by atoms with Gasteiger partial charge in [0.2, 0.25) is 0 Å². The van der Waals surface area contributed by atoms with Gasteiger partial charge in [-0.25, -0.2) is 19.2 Å². The molecule has 6 aromatic rings. The maximum atomic E-state index is 14.2. The first-order chi connectivity index (χ1) is 46.6. The minimum absolute atomic E-state index is 0.0163. The molecule has 29 nitrogen and oxygen atoms in total. The summed E-state index contributed by atoms with van der Waals surface area (Å²) in [5, 5.41) is 23.7. The zero-order chi connectivity index (χ0) is 70.4. The lowest BCUT2D eigenvalue weighted by Gasteiger charge is -2.52. The number of carbonyl (C=O) groups excluding carboxylic acids is 8. The molecule has 30 heteroatoms. The quantitative estimate of drug-likeness (QED) is 0.0813. The maximum absolute atomic E-state index is 14.2. The molecule has 522 valence electrons. The first-order valence-electron chi connectivity index (χ1n) is 33.5. The van der Waals surface area contributed by atoms with Crippen molar-refractivity contribution in [1.29, 1.82) is 0 Å². The van der Waals surface area contributed by atoms with E-state index < -0.39 is 46.0 Å². The van der Waals surface area contributed by atoms with Crippen LogP contribution in [-0.4, -0.2) is 203 Å². The van der Waals surface area contributed by atoms with Gasteiger partial charge in [0.05, 0.1) is 66.5 Å². The Morgan fingerprint density at radius 2 is 0.898 bits per heavy atom. The van der Waals surface area contributed by atoms with Gasteiger partial charge in [0.15, 0.2) is 17.5 Å². The highest BCUT2D eigenvalue weighted by Crippen LogP contribution is 2.48. The summed E-state index contributed by atoms with van der Waals surface area (Å²) in [7, 11) is 4.38. The molecule has 0 unspecified atom stereocenters. The lowest BCUT2D eigenvalue weighted by Crippen LogP contribution is -2.66. The number of piperazine rings is 2. The van der Waals surface area contributed by atoms with Crippen LogP contribution in [0.4, 0.5) is 41.4 Å². The van der Waals surface area contributed by atoms with Crippen molar-refractivity contribution in [3.63, 3.8) is 0 Å². The molecular weight excluding hydrogens is 1280 g/mol. The van der Waals surface area contributed by atoms with Gasteiger partial charge in [0, 0.05) is 84.6 Å². The number of urea groups is 2. The molecule has 13 rings (SSSR count). The molecule has 8 amide bonds. The number of H-pyrrole nitrogens is 1. The summed E-state index contributed by atoms with van der Waals surface area (Å²) in [5.41, 5.74) is 2.37. The van der Waals surface area contributed by atoms with Crippen molar-refractivity contribution in [2.75, 3.05) is 69.4 Å². The Morgan fingerprint density at radius 1 is 0.531 bits per heavy atom. The van der Waals surface area contributed by atoms with Crippen LogP contribution in [-0.2, 0) is 45.7 Å². The van der Waals surface area contributed by atoms with Crippen molar-refractivity contribution >= 4 is 76.4 Å². The van der Waals surface area contributed by atoms with Gasteiger partial charge >= 0.3 is 29.6 Å². The Hall–Kier alpha value is -9.35. The van der Waals surface area contributed by atoms with E-state index in [1.165, 1.54) is 47.7 Å².